The van der Waals surface area contributed by atoms with Crippen molar-refractivity contribution in [1.82, 2.24) is 19.9 Å². The highest BCUT2D eigenvalue weighted by molar-refractivity contribution is 5.86. The molecule has 0 atom stereocenters. The van der Waals surface area contributed by atoms with Gasteiger partial charge in [0.1, 0.15) is 0 Å². The molecule has 30 heavy (non-hydrogen) atoms. The number of ether oxygens (including phenoxy) is 1. The Morgan fingerprint density at radius 3 is 2.57 bits per heavy atom. The van der Waals surface area contributed by atoms with Crippen LogP contribution in [0.4, 0.5) is 0 Å². The highest BCUT2D eigenvalue weighted by Crippen LogP contribution is 2.18. The van der Waals surface area contributed by atoms with Gasteiger partial charge in [-0.05, 0) is 18.1 Å². The highest BCUT2D eigenvalue weighted by atomic mass is 16.6. The second-order valence-corrected chi connectivity index (χ2v) is 6.82. The van der Waals surface area contributed by atoms with Gasteiger partial charge in [-0.2, -0.15) is 10.1 Å². The summed E-state index contributed by atoms with van der Waals surface area (Å²) >= 11 is 0. The first-order chi connectivity index (χ1) is 14.5. The van der Waals surface area contributed by atoms with Gasteiger partial charge >= 0.3 is 5.97 Å². The van der Waals surface area contributed by atoms with Gasteiger partial charge in [0.05, 0.1) is 17.5 Å². The van der Waals surface area contributed by atoms with Gasteiger partial charge in [0.2, 0.25) is 5.82 Å². The van der Waals surface area contributed by atoms with E-state index in [0.717, 1.165) is 12.0 Å². The SMILES string of the molecule is CCc1ccc(-c2noc(COC(=O)Cc3nn(C)c(=O)c4ccccc34)n2)cc1. The van der Waals surface area contributed by atoms with E-state index in [-0.39, 0.29) is 24.5 Å². The number of hydrogen-bond acceptors (Lipinski definition) is 7. The molecule has 8 heteroatoms. The fourth-order valence-corrected chi connectivity index (χ4v) is 3.16. The van der Waals surface area contributed by atoms with E-state index in [0.29, 0.717) is 22.3 Å². The first-order valence-electron chi connectivity index (χ1n) is 9.57. The Kier molecular flexibility index (Phi) is 5.38. The van der Waals surface area contributed by atoms with Crippen molar-refractivity contribution in [3.8, 4) is 11.4 Å². The maximum atomic E-state index is 12.3. The van der Waals surface area contributed by atoms with Crippen molar-refractivity contribution in [2.45, 2.75) is 26.4 Å². The summed E-state index contributed by atoms with van der Waals surface area (Å²) in [5.74, 6) is 0.143. The molecular weight excluding hydrogens is 384 g/mol. The molecule has 0 aliphatic rings. The Balaban J connectivity index is 1.44. The van der Waals surface area contributed by atoms with Crippen molar-refractivity contribution >= 4 is 16.7 Å². The predicted octanol–water partition coefficient (Wildman–Crippen LogP) is 2.83. The smallest absolute Gasteiger partial charge is 0.312 e. The first-order valence-corrected chi connectivity index (χ1v) is 9.57. The Morgan fingerprint density at radius 2 is 1.83 bits per heavy atom. The summed E-state index contributed by atoms with van der Waals surface area (Å²) in [5.41, 5.74) is 2.30. The third-order valence-electron chi connectivity index (χ3n) is 4.79. The van der Waals surface area contributed by atoms with Crippen molar-refractivity contribution in [3.05, 3.63) is 76.0 Å². The molecule has 0 unspecified atom stereocenters. The molecule has 0 fully saturated rings. The van der Waals surface area contributed by atoms with Crippen LogP contribution >= 0.6 is 0 Å². The number of carbonyl (C=O) groups is 1. The second-order valence-electron chi connectivity index (χ2n) is 6.82. The number of rotatable bonds is 6. The largest absolute Gasteiger partial charge is 0.455 e. The number of fused-ring (bicyclic) bond motifs is 1. The predicted molar refractivity (Wildman–Crippen MR) is 110 cm³/mol. The molecule has 2 aromatic carbocycles. The van der Waals surface area contributed by atoms with Crippen LogP contribution in [0.3, 0.4) is 0 Å². The first kappa shape index (κ1) is 19.5. The molecule has 0 saturated heterocycles. The van der Waals surface area contributed by atoms with Crippen molar-refractivity contribution in [2.24, 2.45) is 7.05 Å². The number of aryl methyl sites for hydroxylation is 2. The van der Waals surface area contributed by atoms with Crippen LogP contribution < -0.4 is 5.56 Å². The fraction of sp³-hybridized carbons (Fsp3) is 0.227. The van der Waals surface area contributed by atoms with E-state index in [1.165, 1.54) is 10.2 Å². The molecule has 152 valence electrons. The maximum absolute atomic E-state index is 12.3. The van der Waals surface area contributed by atoms with Crippen LogP contribution in [0.5, 0.6) is 0 Å². The van der Waals surface area contributed by atoms with Crippen LogP contribution in [-0.2, 0) is 36.0 Å². The number of nitrogens with zero attached hydrogens (tertiary/aromatic N) is 4. The molecule has 0 N–H and O–H groups in total. The van der Waals surface area contributed by atoms with E-state index in [1.807, 2.05) is 24.3 Å². The number of esters is 1. The molecule has 0 radical (unpaired) electrons. The number of carbonyl (C=O) groups excluding carboxylic acids is 1. The minimum atomic E-state index is -0.502. The van der Waals surface area contributed by atoms with Gasteiger partial charge in [0.25, 0.3) is 11.4 Å². The van der Waals surface area contributed by atoms with E-state index < -0.39 is 5.97 Å². The monoisotopic (exact) mass is 404 g/mol. The fourth-order valence-electron chi connectivity index (χ4n) is 3.16. The summed E-state index contributed by atoms with van der Waals surface area (Å²) in [4.78, 5) is 28.8. The summed E-state index contributed by atoms with van der Waals surface area (Å²) in [7, 11) is 1.55. The number of aromatic nitrogens is 4. The van der Waals surface area contributed by atoms with Gasteiger partial charge in [0, 0.05) is 18.0 Å². The van der Waals surface area contributed by atoms with E-state index in [2.05, 4.69) is 22.2 Å². The van der Waals surface area contributed by atoms with Gasteiger partial charge in [-0.1, -0.05) is 54.5 Å². The van der Waals surface area contributed by atoms with E-state index in [9.17, 15) is 9.59 Å². The van der Waals surface area contributed by atoms with E-state index >= 15 is 0 Å². The molecule has 0 bridgehead atoms. The summed E-state index contributed by atoms with van der Waals surface area (Å²) in [6.45, 7) is 1.95. The normalized spacial score (nSPS) is 11.0. The Bertz CT molecular complexity index is 1260. The summed E-state index contributed by atoms with van der Waals surface area (Å²) in [5, 5.41) is 9.28. The average Bonchev–Trinajstić information content (AvgIpc) is 3.25. The van der Waals surface area contributed by atoms with Gasteiger partial charge in [-0.25, -0.2) is 4.68 Å². The summed E-state index contributed by atoms with van der Waals surface area (Å²) in [6.07, 6.45) is 0.877. The Morgan fingerprint density at radius 1 is 1.10 bits per heavy atom. The molecule has 0 aliphatic carbocycles. The number of hydrogen-bond donors (Lipinski definition) is 0. The summed E-state index contributed by atoms with van der Waals surface area (Å²) in [6, 6.07) is 14.9. The minimum absolute atomic E-state index is 0.0753. The molecule has 2 heterocycles. The molecule has 2 aromatic heterocycles. The molecule has 0 aliphatic heterocycles. The van der Waals surface area contributed by atoms with E-state index in [4.69, 9.17) is 9.26 Å². The lowest BCUT2D eigenvalue weighted by Crippen LogP contribution is -2.22. The minimum Gasteiger partial charge on any atom is -0.455 e. The lowest BCUT2D eigenvalue weighted by atomic mass is 10.1. The van der Waals surface area contributed by atoms with Crippen molar-refractivity contribution in [1.29, 1.82) is 0 Å². The standard InChI is InChI=1S/C22H20N4O4/c1-3-14-8-10-15(11-9-14)21-23-19(30-25-21)13-29-20(27)12-18-16-6-4-5-7-17(16)22(28)26(2)24-18/h4-11H,3,12-13H2,1-2H3. The van der Waals surface area contributed by atoms with Crippen LogP contribution in [0.2, 0.25) is 0 Å². The maximum Gasteiger partial charge on any atom is 0.312 e. The van der Waals surface area contributed by atoms with Gasteiger partial charge in [0.15, 0.2) is 6.61 Å². The van der Waals surface area contributed by atoms with Gasteiger partial charge < -0.3 is 9.26 Å². The lowest BCUT2D eigenvalue weighted by Gasteiger charge is -2.07. The highest BCUT2D eigenvalue weighted by Gasteiger charge is 2.15. The Labute approximate surface area is 172 Å². The van der Waals surface area contributed by atoms with Crippen LogP contribution in [0.1, 0.15) is 24.1 Å². The van der Waals surface area contributed by atoms with Crippen LogP contribution in [0.15, 0.2) is 57.8 Å². The summed E-state index contributed by atoms with van der Waals surface area (Å²) < 4.78 is 11.7. The topological polar surface area (TPSA) is 100 Å². The molecular formula is C22H20N4O4. The van der Waals surface area contributed by atoms with Crippen LogP contribution in [-0.4, -0.2) is 25.9 Å². The molecule has 8 nitrogen and oxygen atoms in total. The van der Waals surface area contributed by atoms with Gasteiger partial charge in [-0.15, -0.1) is 0 Å². The molecule has 4 rings (SSSR count). The Hall–Kier alpha value is -3.81. The zero-order valence-corrected chi connectivity index (χ0v) is 16.7. The second kappa shape index (κ2) is 8.28. The lowest BCUT2D eigenvalue weighted by molar-refractivity contribution is -0.144. The van der Waals surface area contributed by atoms with Crippen molar-refractivity contribution < 1.29 is 14.1 Å². The molecule has 0 spiro atoms. The zero-order chi connectivity index (χ0) is 21.1. The average molecular weight is 404 g/mol. The van der Waals surface area contributed by atoms with Gasteiger partial charge in [-0.3, -0.25) is 9.59 Å². The van der Waals surface area contributed by atoms with E-state index in [1.54, 1.807) is 31.3 Å². The quantitative estimate of drug-likeness (QED) is 0.456. The van der Waals surface area contributed by atoms with Crippen LogP contribution in [0.25, 0.3) is 22.2 Å². The third kappa shape index (κ3) is 3.98. The van der Waals surface area contributed by atoms with Crippen molar-refractivity contribution in [2.75, 3.05) is 0 Å². The van der Waals surface area contributed by atoms with Crippen LogP contribution in [0, 0.1) is 0 Å². The molecule has 4 aromatic rings. The number of benzene rings is 2. The molecule has 0 amide bonds. The molecule has 0 saturated carbocycles. The zero-order valence-electron chi connectivity index (χ0n) is 16.7. The van der Waals surface area contributed by atoms with Crippen molar-refractivity contribution in [3.63, 3.8) is 0 Å². The third-order valence-corrected chi connectivity index (χ3v) is 4.79.